The number of aryl methyl sites for hydroxylation is 1. The van der Waals surface area contributed by atoms with Gasteiger partial charge in [-0.3, -0.25) is 9.59 Å². The zero-order valence-corrected chi connectivity index (χ0v) is 38.8. The Bertz CT molecular complexity index is 1460. The predicted octanol–water partition coefficient (Wildman–Crippen LogP) is 6.60. The van der Waals surface area contributed by atoms with Crippen LogP contribution in [-0.2, 0) is 58.8 Å². The van der Waals surface area contributed by atoms with Crippen molar-refractivity contribution in [1.82, 2.24) is 10.2 Å². The van der Waals surface area contributed by atoms with Crippen LogP contribution in [0, 0.1) is 0 Å². The number of nitrogens with zero attached hydrogens (tertiary/aromatic N) is 1. The highest BCUT2D eigenvalue weighted by atomic mass is 16.6. The third kappa shape index (κ3) is 50.9. The molecule has 2 heterocycles. The molecule has 62 heavy (non-hydrogen) atoms. The second-order valence-corrected chi connectivity index (χ2v) is 13.4. The van der Waals surface area contributed by atoms with Crippen molar-refractivity contribution in [2.45, 2.75) is 73.0 Å². The summed E-state index contributed by atoms with van der Waals surface area (Å²) in [5.74, 6) is -1.17. The predicted molar refractivity (Wildman–Crippen MR) is 248 cm³/mol. The van der Waals surface area contributed by atoms with E-state index in [-0.39, 0.29) is 42.3 Å². The van der Waals surface area contributed by atoms with Gasteiger partial charge in [0.2, 0.25) is 5.91 Å². The Kier molecular flexibility index (Phi) is 44.8. The zero-order valence-electron chi connectivity index (χ0n) is 38.8. The summed E-state index contributed by atoms with van der Waals surface area (Å²) in [6.07, 6.45) is 9.53. The summed E-state index contributed by atoms with van der Waals surface area (Å²) >= 11 is 0. The smallest absolute Gasteiger partial charge is 0.333 e. The molecule has 2 unspecified atom stereocenters. The summed E-state index contributed by atoms with van der Waals surface area (Å²) in [6.45, 7) is 39.9. The minimum Gasteiger partial charge on any atom is -0.462 e. The maximum Gasteiger partial charge on any atom is 0.333 e. The maximum absolute atomic E-state index is 10.7. The first-order valence-electron chi connectivity index (χ1n) is 20.2. The van der Waals surface area contributed by atoms with E-state index in [1.807, 2.05) is 25.1 Å². The molecule has 350 valence electrons. The standard InChI is InChI=1S/C10H12.C8H14O2.C7H13NO2.C7H10O3.C6H10O2.C5H9NO2.C5H8O/c1-3-9-5-7-10(4-2)8-6-9;1-4-5-6-10-8(9)7(2)3;1-4-7(9)10-6-5-8(2)3;1-5(2)7(8)10-4-6-3-9-6;1-2-3-7-4-6-5-8-6;1-2-5(8)6-3-4-7;1-4(2)5(3)6/h3,5-8H,1,4H2,2H3;2,4-6H2,1,3H3;4H,1,5-6H2,2-3H3;6H,1,3-4H2,2H3;2,6H,1,3-5H2;2,7H,1,3-4H2,(H,6,8);1H2,2-3H3. The van der Waals surface area contributed by atoms with Crippen molar-refractivity contribution in [3.8, 4) is 0 Å². The third-order valence-electron chi connectivity index (χ3n) is 6.94. The Labute approximate surface area is 372 Å². The molecule has 2 fully saturated rings. The number of carbonyl (C=O) groups is 5. The summed E-state index contributed by atoms with van der Waals surface area (Å²) in [7, 11) is 3.84. The first kappa shape index (κ1) is 63.4. The van der Waals surface area contributed by atoms with Crippen LogP contribution in [0.4, 0.5) is 0 Å². The minimum atomic E-state index is -0.359. The van der Waals surface area contributed by atoms with Crippen LogP contribution in [0.1, 0.15) is 65.5 Å². The van der Waals surface area contributed by atoms with E-state index >= 15 is 0 Å². The lowest BCUT2D eigenvalue weighted by atomic mass is 10.1. The number of aliphatic hydroxyl groups is 1. The second kappa shape index (κ2) is 43.8. The van der Waals surface area contributed by atoms with Crippen molar-refractivity contribution in [3.05, 3.63) is 116 Å². The van der Waals surface area contributed by atoms with Crippen LogP contribution < -0.4 is 5.32 Å². The van der Waals surface area contributed by atoms with Crippen LogP contribution in [0.2, 0.25) is 0 Å². The molecule has 1 aromatic rings. The second-order valence-electron chi connectivity index (χ2n) is 13.4. The Hall–Kier alpha value is -5.25. The number of aliphatic hydroxyl groups excluding tert-OH is 1. The number of benzene rings is 1. The van der Waals surface area contributed by atoms with Gasteiger partial charge in [0.1, 0.15) is 25.4 Å². The van der Waals surface area contributed by atoms with E-state index < -0.39 is 0 Å². The molecule has 2 N–H and O–H groups in total. The largest absolute Gasteiger partial charge is 0.462 e. The molecule has 14 nitrogen and oxygen atoms in total. The van der Waals surface area contributed by atoms with E-state index in [2.05, 4.69) is 89.5 Å². The Balaban J connectivity index is -0.000000318. The average Bonchev–Trinajstić information content (AvgIpc) is 4.20. The number of esters is 3. The molecule has 2 saturated heterocycles. The molecule has 3 rings (SSSR count). The highest BCUT2D eigenvalue weighted by Crippen LogP contribution is 2.09. The maximum atomic E-state index is 10.7. The minimum absolute atomic E-state index is 0.0282. The van der Waals surface area contributed by atoms with Gasteiger partial charge in [0, 0.05) is 30.3 Å². The fourth-order valence-electron chi connectivity index (χ4n) is 2.86. The first-order valence-corrected chi connectivity index (χ1v) is 20.2. The molecule has 2 atom stereocenters. The van der Waals surface area contributed by atoms with Crippen LogP contribution >= 0.6 is 0 Å². The number of Topliss-reactive ketones (excluding diaryl/α,β-unsaturated/α-hetero) is 1. The summed E-state index contributed by atoms with van der Waals surface area (Å²) in [5, 5.41) is 10.5. The van der Waals surface area contributed by atoms with Gasteiger partial charge in [0.15, 0.2) is 5.78 Å². The van der Waals surface area contributed by atoms with Crippen molar-refractivity contribution >= 4 is 35.7 Å². The molecular formula is C48H76N2O12. The number of hydrogen-bond acceptors (Lipinski definition) is 13. The fraction of sp³-hybridized carbons (Fsp3) is 0.479. The van der Waals surface area contributed by atoms with E-state index in [1.54, 1.807) is 26.8 Å². The molecule has 14 heteroatoms. The van der Waals surface area contributed by atoms with Crippen molar-refractivity contribution in [3.63, 3.8) is 0 Å². The molecule has 0 radical (unpaired) electrons. The van der Waals surface area contributed by atoms with Crippen molar-refractivity contribution in [2.24, 2.45) is 0 Å². The number of ketones is 1. The highest BCUT2D eigenvalue weighted by molar-refractivity contribution is 5.91. The normalized spacial score (nSPS) is 13.1. The Morgan fingerprint density at radius 3 is 1.68 bits per heavy atom. The van der Waals surface area contributed by atoms with Crippen LogP contribution in [-0.4, -0.2) is 132 Å². The number of epoxide rings is 2. The van der Waals surface area contributed by atoms with Crippen LogP contribution in [0.3, 0.4) is 0 Å². The highest BCUT2D eigenvalue weighted by Gasteiger charge is 2.24. The van der Waals surface area contributed by atoms with Gasteiger partial charge in [-0.05, 0) is 77.4 Å². The van der Waals surface area contributed by atoms with Gasteiger partial charge in [-0.2, -0.15) is 0 Å². The first-order chi connectivity index (χ1) is 29.3. The number of rotatable bonds is 21. The monoisotopic (exact) mass is 873 g/mol. The Morgan fingerprint density at radius 1 is 0.790 bits per heavy atom. The summed E-state index contributed by atoms with van der Waals surface area (Å²) in [5.41, 5.74) is 4.09. The molecule has 0 saturated carbocycles. The van der Waals surface area contributed by atoms with Crippen LogP contribution in [0.25, 0.3) is 6.08 Å². The topological polar surface area (TPSA) is 183 Å². The fourth-order valence-corrected chi connectivity index (χ4v) is 2.86. The molecule has 0 spiro atoms. The molecule has 0 aromatic heterocycles. The van der Waals surface area contributed by atoms with Gasteiger partial charge in [-0.15, -0.1) is 6.58 Å². The van der Waals surface area contributed by atoms with Gasteiger partial charge in [0.25, 0.3) is 0 Å². The third-order valence-corrected chi connectivity index (χ3v) is 6.94. The van der Waals surface area contributed by atoms with E-state index in [1.165, 1.54) is 18.1 Å². The van der Waals surface area contributed by atoms with E-state index in [0.717, 1.165) is 51.2 Å². The number of carbonyl (C=O) groups excluding carboxylic acids is 5. The average molecular weight is 873 g/mol. The van der Waals surface area contributed by atoms with Gasteiger partial charge < -0.3 is 43.7 Å². The van der Waals surface area contributed by atoms with Gasteiger partial charge in [-0.1, -0.05) is 96.2 Å². The molecule has 0 bridgehead atoms. The molecule has 1 amide bonds. The summed E-state index contributed by atoms with van der Waals surface area (Å²) in [4.78, 5) is 54.0. The number of ether oxygens (including phenoxy) is 6. The van der Waals surface area contributed by atoms with E-state index in [9.17, 15) is 24.0 Å². The summed E-state index contributed by atoms with van der Waals surface area (Å²) in [6, 6.07) is 8.45. The van der Waals surface area contributed by atoms with Crippen molar-refractivity contribution < 1.29 is 57.5 Å². The van der Waals surface area contributed by atoms with E-state index in [4.69, 9.17) is 33.5 Å². The zero-order chi connectivity index (χ0) is 48.3. The number of hydrogen-bond donors (Lipinski definition) is 2. The number of nitrogens with one attached hydrogen (secondary N) is 1. The Morgan fingerprint density at radius 2 is 1.31 bits per heavy atom. The lowest BCUT2D eigenvalue weighted by molar-refractivity contribution is -0.140. The van der Waals surface area contributed by atoms with Crippen molar-refractivity contribution in [2.75, 3.05) is 80.0 Å². The number of allylic oxidation sites excluding steroid dienone is 1. The van der Waals surface area contributed by atoms with Crippen molar-refractivity contribution in [1.29, 1.82) is 0 Å². The SMILES string of the molecule is C=C(C)C(=O)OCC1CO1.C=C(C)C(=O)OCCCC.C=C(C)C(C)=O.C=CC(=O)NCCO.C=CC(=O)OCCN(C)C.C=CCOCC1CO1.C=Cc1ccc(CC)cc1. The quantitative estimate of drug-likeness (QED) is 0.0337. The van der Waals surface area contributed by atoms with E-state index in [0.29, 0.717) is 62.4 Å². The number of amides is 1. The number of likely N-dealkylation sites (N-methyl/N-ethyl adjacent to an activating group) is 1. The van der Waals surface area contributed by atoms with Crippen LogP contribution in [0.5, 0.6) is 0 Å². The number of unbranched alkanes of at least 4 members (excludes halogenated alkanes) is 1. The molecular weight excluding hydrogens is 797 g/mol. The lowest BCUT2D eigenvalue weighted by Crippen LogP contribution is -2.23. The molecule has 2 aliphatic rings. The van der Waals surface area contributed by atoms with Gasteiger partial charge in [-0.25, -0.2) is 14.4 Å². The molecule has 1 aromatic carbocycles. The molecule has 2 aliphatic heterocycles. The van der Waals surface area contributed by atoms with Gasteiger partial charge in [0.05, 0.1) is 39.6 Å². The lowest BCUT2D eigenvalue weighted by Gasteiger charge is -2.07. The van der Waals surface area contributed by atoms with Gasteiger partial charge >= 0.3 is 17.9 Å². The summed E-state index contributed by atoms with van der Waals surface area (Å²) < 4.78 is 29.1. The van der Waals surface area contributed by atoms with Crippen LogP contribution in [0.15, 0.2) is 105 Å². The molecule has 0 aliphatic carbocycles.